The minimum atomic E-state index is -0.438. The molecule has 0 bridgehead atoms. The number of carbonyl (C=O) groups excluding carboxylic acids is 1. The van der Waals surface area contributed by atoms with Crippen LogP contribution in [0.15, 0.2) is 41.9 Å². The maximum Gasteiger partial charge on any atom is 0.355 e. The van der Waals surface area contributed by atoms with Crippen molar-refractivity contribution in [2.45, 2.75) is 59.0 Å². The van der Waals surface area contributed by atoms with Crippen molar-refractivity contribution in [3.8, 4) is 5.69 Å². The van der Waals surface area contributed by atoms with Gasteiger partial charge in [0.15, 0.2) is 5.65 Å². The minimum Gasteiger partial charge on any atom is -0.377 e. The number of rotatable bonds is 5. The summed E-state index contributed by atoms with van der Waals surface area (Å²) >= 11 is 6.89. The molecule has 10 heteroatoms. The lowest BCUT2D eigenvalue weighted by atomic mass is 10.0. The molecular weight excluding hydrogens is 528 g/mol. The fourth-order valence-electron chi connectivity index (χ4n) is 5.62. The molecule has 3 aromatic heterocycles. The monoisotopic (exact) mass is 562 g/mol. The molecule has 2 aliphatic heterocycles. The molecule has 0 spiro atoms. The van der Waals surface area contributed by atoms with Crippen LogP contribution in [0.5, 0.6) is 0 Å². The molecule has 5 heterocycles. The van der Waals surface area contributed by atoms with Crippen molar-refractivity contribution in [1.82, 2.24) is 24.4 Å². The lowest BCUT2D eigenvalue weighted by molar-refractivity contribution is -0.128. The predicted molar refractivity (Wildman–Crippen MR) is 158 cm³/mol. The largest absolute Gasteiger partial charge is 0.377 e. The van der Waals surface area contributed by atoms with E-state index in [-0.39, 0.29) is 23.9 Å². The molecule has 1 saturated heterocycles. The normalized spacial score (nSPS) is 19.7. The van der Waals surface area contributed by atoms with Crippen LogP contribution < -0.4 is 10.6 Å². The van der Waals surface area contributed by atoms with E-state index in [1.807, 2.05) is 39.0 Å². The summed E-state index contributed by atoms with van der Waals surface area (Å²) in [5.41, 5.74) is 4.05. The minimum absolute atomic E-state index is 0.0674. The molecule has 0 aromatic carbocycles. The second-order valence-corrected chi connectivity index (χ2v) is 11.3. The Hall–Kier alpha value is -3.56. The van der Waals surface area contributed by atoms with Crippen molar-refractivity contribution in [3.63, 3.8) is 0 Å². The summed E-state index contributed by atoms with van der Waals surface area (Å²) in [5.74, 6) is 0.466. The summed E-state index contributed by atoms with van der Waals surface area (Å²) in [7, 11) is 0. The number of piperazine rings is 1. The van der Waals surface area contributed by atoms with Crippen molar-refractivity contribution in [2.24, 2.45) is 0 Å². The van der Waals surface area contributed by atoms with E-state index in [2.05, 4.69) is 35.3 Å². The number of amides is 1. The van der Waals surface area contributed by atoms with Crippen molar-refractivity contribution in [1.29, 1.82) is 0 Å². The number of aromatic nitrogens is 4. The van der Waals surface area contributed by atoms with Crippen molar-refractivity contribution in [2.75, 3.05) is 31.2 Å². The van der Waals surface area contributed by atoms with Gasteiger partial charge in [-0.15, -0.1) is 0 Å². The standard InChI is InChI=1S/C30H35ClN6O3/c1-7-24(38)35-15-20(6)36(16-19(35)5)28-22-14-23(31)26(21-9-12-40-13-10-21)33-29(22)37(30(39)34-28)27-18(4)8-11-32-25(27)17(2)3/h7-9,11,14,17,19-20H,1,10,12-13,15-16H2,2-6H3/t19-,20+/m1/s1. The van der Waals surface area contributed by atoms with E-state index in [4.69, 9.17) is 21.3 Å². The van der Waals surface area contributed by atoms with E-state index in [1.165, 1.54) is 6.08 Å². The molecule has 0 N–H and O–H groups in total. The van der Waals surface area contributed by atoms with Crippen molar-refractivity contribution in [3.05, 3.63) is 69.5 Å². The van der Waals surface area contributed by atoms with Gasteiger partial charge in [0.25, 0.3) is 0 Å². The van der Waals surface area contributed by atoms with Gasteiger partial charge in [0.1, 0.15) is 5.82 Å². The molecule has 0 saturated carbocycles. The number of carbonyl (C=O) groups is 1. The molecule has 9 nitrogen and oxygen atoms in total. The lowest BCUT2D eigenvalue weighted by Crippen LogP contribution is -2.58. The number of hydrogen-bond donors (Lipinski definition) is 0. The van der Waals surface area contributed by atoms with Gasteiger partial charge in [-0.05, 0) is 62.5 Å². The molecule has 0 unspecified atom stereocenters. The third kappa shape index (κ3) is 4.92. The number of hydrogen-bond acceptors (Lipinski definition) is 7. The van der Waals surface area contributed by atoms with E-state index in [0.717, 1.165) is 16.8 Å². The van der Waals surface area contributed by atoms with Gasteiger partial charge in [0.2, 0.25) is 5.91 Å². The van der Waals surface area contributed by atoms with E-state index < -0.39 is 5.69 Å². The average Bonchev–Trinajstić information content (AvgIpc) is 2.94. The van der Waals surface area contributed by atoms with Crippen LogP contribution in [-0.2, 0) is 9.53 Å². The van der Waals surface area contributed by atoms with Crippen LogP contribution in [-0.4, -0.2) is 68.7 Å². The molecule has 0 radical (unpaired) electrons. The van der Waals surface area contributed by atoms with Gasteiger partial charge >= 0.3 is 5.69 Å². The molecule has 2 aliphatic rings. The smallest absolute Gasteiger partial charge is 0.355 e. The van der Waals surface area contributed by atoms with E-state index in [9.17, 15) is 9.59 Å². The first-order valence-corrected chi connectivity index (χ1v) is 14.1. The zero-order chi connectivity index (χ0) is 28.7. The van der Waals surface area contributed by atoms with Crippen LogP contribution in [0, 0.1) is 6.92 Å². The number of ether oxygens (including phenoxy) is 1. The highest BCUT2D eigenvalue weighted by atomic mass is 35.5. The summed E-state index contributed by atoms with van der Waals surface area (Å²) in [4.78, 5) is 44.7. The Kier molecular flexibility index (Phi) is 7.79. The molecule has 5 rings (SSSR count). The summed E-state index contributed by atoms with van der Waals surface area (Å²) in [6.07, 6.45) is 5.77. The van der Waals surface area contributed by atoms with Crippen molar-refractivity contribution < 1.29 is 9.53 Å². The van der Waals surface area contributed by atoms with Crippen LogP contribution in [0.25, 0.3) is 22.3 Å². The fourth-order valence-corrected chi connectivity index (χ4v) is 5.90. The number of aryl methyl sites for hydroxylation is 1. The van der Waals surface area contributed by atoms with Gasteiger partial charge < -0.3 is 14.5 Å². The molecule has 3 aromatic rings. The Morgan fingerprint density at radius 1 is 1.23 bits per heavy atom. The van der Waals surface area contributed by atoms with Gasteiger partial charge in [-0.25, -0.2) is 14.3 Å². The summed E-state index contributed by atoms with van der Waals surface area (Å²) in [5, 5.41) is 1.16. The molecule has 2 atom stereocenters. The lowest BCUT2D eigenvalue weighted by Gasteiger charge is -2.44. The first-order valence-electron chi connectivity index (χ1n) is 13.7. The highest BCUT2D eigenvalue weighted by Gasteiger charge is 2.34. The third-order valence-corrected chi connectivity index (χ3v) is 8.00. The van der Waals surface area contributed by atoms with E-state index >= 15 is 0 Å². The maximum absolute atomic E-state index is 14.0. The summed E-state index contributed by atoms with van der Waals surface area (Å²) in [6, 6.07) is 3.55. The Labute approximate surface area is 239 Å². The first kappa shape index (κ1) is 28.0. The number of fused-ring (bicyclic) bond motifs is 1. The van der Waals surface area contributed by atoms with Gasteiger partial charge in [0, 0.05) is 31.4 Å². The first-order chi connectivity index (χ1) is 19.1. The Balaban J connectivity index is 1.79. The molecule has 40 heavy (non-hydrogen) atoms. The molecular formula is C30H35ClN6O3. The van der Waals surface area contributed by atoms with Gasteiger partial charge in [-0.3, -0.25) is 9.78 Å². The quantitative estimate of drug-likeness (QED) is 0.417. The maximum atomic E-state index is 14.0. The highest BCUT2D eigenvalue weighted by molar-refractivity contribution is 6.33. The Bertz CT molecular complexity index is 1580. The number of pyridine rings is 2. The van der Waals surface area contributed by atoms with Crippen LogP contribution in [0.1, 0.15) is 57.0 Å². The van der Waals surface area contributed by atoms with Gasteiger partial charge in [0.05, 0.1) is 40.7 Å². The third-order valence-electron chi connectivity index (χ3n) is 7.71. The van der Waals surface area contributed by atoms with Crippen LogP contribution >= 0.6 is 11.6 Å². The van der Waals surface area contributed by atoms with Crippen LogP contribution in [0.3, 0.4) is 0 Å². The highest BCUT2D eigenvalue weighted by Crippen LogP contribution is 2.35. The summed E-state index contributed by atoms with van der Waals surface area (Å²) < 4.78 is 7.10. The SMILES string of the molecule is C=CC(=O)N1C[C@H](C)N(c2nc(=O)n(-c3c(C)ccnc3C(C)C)c3nc(C4=CCOCC4)c(Cl)cc23)C[C@H]1C. The second kappa shape index (κ2) is 11.1. The Morgan fingerprint density at radius 3 is 2.67 bits per heavy atom. The van der Waals surface area contributed by atoms with Gasteiger partial charge in [-0.1, -0.05) is 38.1 Å². The molecule has 0 aliphatic carbocycles. The second-order valence-electron chi connectivity index (χ2n) is 10.9. The van der Waals surface area contributed by atoms with Crippen molar-refractivity contribution >= 4 is 39.9 Å². The number of anilines is 1. The average molecular weight is 563 g/mol. The zero-order valence-electron chi connectivity index (χ0n) is 23.6. The zero-order valence-corrected chi connectivity index (χ0v) is 24.4. The van der Waals surface area contributed by atoms with E-state index in [1.54, 1.807) is 15.7 Å². The molecule has 1 fully saturated rings. The van der Waals surface area contributed by atoms with E-state index in [0.29, 0.717) is 66.0 Å². The molecule has 210 valence electrons. The van der Waals surface area contributed by atoms with Crippen LogP contribution in [0.4, 0.5) is 5.82 Å². The number of halogens is 1. The van der Waals surface area contributed by atoms with Gasteiger partial charge in [-0.2, -0.15) is 4.98 Å². The van der Waals surface area contributed by atoms with Crippen LogP contribution in [0.2, 0.25) is 5.02 Å². The summed E-state index contributed by atoms with van der Waals surface area (Å²) in [6.45, 7) is 15.8. The fraction of sp³-hybridized carbons (Fsp3) is 0.433. The number of nitrogens with zero attached hydrogens (tertiary/aromatic N) is 6. The predicted octanol–water partition coefficient (Wildman–Crippen LogP) is 4.68. The topological polar surface area (TPSA) is 93.5 Å². The Morgan fingerprint density at radius 2 is 2.00 bits per heavy atom. The molecule has 1 amide bonds.